The first kappa shape index (κ1) is 15.1. The number of carbonyl (C=O) groups excluding carboxylic acids is 1. The molecule has 1 aromatic rings. The number of nitro benzene ring substituents is 1. The molecule has 0 radical (unpaired) electrons. The molecule has 112 valence electrons. The largest absolute Gasteiger partial charge is 0.378 e. The minimum absolute atomic E-state index is 0.0246. The lowest BCUT2D eigenvalue weighted by Crippen LogP contribution is -2.42. The third kappa shape index (κ3) is 4.11. The van der Waals surface area contributed by atoms with Gasteiger partial charge in [-0.2, -0.15) is 0 Å². The third-order valence-corrected chi connectivity index (χ3v) is 3.32. The Morgan fingerprint density at radius 2 is 2.14 bits per heavy atom. The molecular weight excluding hydrogens is 274 g/mol. The Labute approximate surface area is 122 Å². The van der Waals surface area contributed by atoms with E-state index in [-0.39, 0.29) is 23.7 Å². The summed E-state index contributed by atoms with van der Waals surface area (Å²) < 4.78 is 5.26. The predicted octanol–water partition coefficient (Wildman–Crippen LogP) is 0.711. The van der Waals surface area contributed by atoms with Crippen molar-refractivity contribution in [2.75, 3.05) is 20.2 Å². The highest BCUT2D eigenvalue weighted by atomic mass is 16.6. The molecule has 2 atom stereocenters. The Morgan fingerprint density at radius 1 is 1.43 bits per heavy atom. The second-order valence-electron chi connectivity index (χ2n) is 4.73. The van der Waals surface area contributed by atoms with Gasteiger partial charge in [0.1, 0.15) is 0 Å². The van der Waals surface area contributed by atoms with E-state index >= 15 is 0 Å². The van der Waals surface area contributed by atoms with Crippen LogP contribution in [0.25, 0.3) is 6.08 Å². The Hall–Kier alpha value is -2.25. The standard InChI is InChI=1S/C14H17N3O4/c1-21-13-9-15-8-12(13)16-14(18)7-4-10-2-5-11(6-3-10)17(19)20/h2-7,12-13,15H,8-9H2,1H3,(H,16,18)/b7-4+/t12?,13-/m0/s1. The number of hydrogen-bond acceptors (Lipinski definition) is 5. The lowest BCUT2D eigenvalue weighted by atomic mass is 10.2. The number of carbonyl (C=O) groups is 1. The first-order valence-electron chi connectivity index (χ1n) is 6.56. The van der Waals surface area contributed by atoms with Crippen LogP contribution in [0, 0.1) is 10.1 Å². The lowest BCUT2D eigenvalue weighted by Gasteiger charge is -2.17. The van der Waals surface area contributed by atoms with Crippen LogP contribution in [0.1, 0.15) is 5.56 Å². The van der Waals surface area contributed by atoms with Crippen molar-refractivity contribution < 1.29 is 14.5 Å². The van der Waals surface area contributed by atoms with Gasteiger partial charge < -0.3 is 15.4 Å². The molecule has 1 unspecified atom stereocenters. The van der Waals surface area contributed by atoms with Crippen LogP contribution in [0.3, 0.4) is 0 Å². The summed E-state index contributed by atoms with van der Waals surface area (Å²) in [6.07, 6.45) is 3.00. The molecule has 0 spiro atoms. The summed E-state index contributed by atoms with van der Waals surface area (Å²) in [6, 6.07) is 5.94. The van der Waals surface area contributed by atoms with Crippen molar-refractivity contribution in [2.45, 2.75) is 12.1 Å². The van der Waals surface area contributed by atoms with Crippen LogP contribution in [-0.2, 0) is 9.53 Å². The fourth-order valence-corrected chi connectivity index (χ4v) is 2.16. The van der Waals surface area contributed by atoms with Gasteiger partial charge in [0.2, 0.25) is 5.91 Å². The first-order valence-corrected chi connectivity index (χ1v) is 6.56. The molecule has 2 rings (SSSR count). The van der Waals surface area contributed by atoms with Crippen LogP contribution >= 0.6 is 0 Å². The van der Waals surface area contributed by atoms with E-state index in [4.69, 9.17) is 4.74 Å². The number of methoxy groups -OCH3 is 1. The molecule has 7 nitrogen and oxygen atoms in total. The second kappa shape index (κ2) is 6.96. The Kier molecular flexibility index (Phi) is 5.02. The van der Waals surface area contributed by atoms with E-state index in [1.807, 2.05) is 0 Å². The van der Waals surface area contributed by atoms with Crippen LogP contribution < -0.4 is 10.6 Å². The van der Waals surface area contributed by atoms with E-state index in [0.717, 1.165) is 5.56 Å². The fourth-order valence-electron chi connectivity index (χ4n) is 2.16. The summed E-state index contributed by atoms with van der Waals surface area (Å²) in [5, 5.41) is 16.5. The molecule has 0 aliphatic carbocycles. The van der Waals surface area contributed by atoms with Crippen LogP contribution in [0.2, 0.25) is 0 Å². The van der Waals surface area contributed by atoms with Gasteiger partial charge in [-0.15, -0.1) is 0 Å². The minimum atomic E-state index is -0.460. The predicted molar refractivity (Wildman–Crippen MR) is 77.7 cm³/mol. The zero-order chi connectivity index (χ0) is 15.2. The van der Waals surface area contributed by atoms with Crippen LogP contribution in [-0.4, -0.2) is 43.2 Å². The van der Waals surface area contributed by atoms with Crippen LogP contribution in [0.4, 0.5) is 5.69 Å². The molecule has 1 aromatic carbocycles. The molecule has 1 amide bonds. The van der Waals surface area contributed by atoms with Crippen molar-refractivity contribution >= 4 is 17.7 Å². The number of amides is 1. The topological polar surface area (TPSA) is 93.5 Å². The Balaban J connectivity index is 1.91. The molecule has 21 heavy (non-hydrogen) atoms. The van der Waals surface area contributed by atoms with Crippen molar-refractivity contribution in [3.8, 4) is 0 Å². The van der Waals surface area contributed by atoms with E-state index in [1.165, 1.54) is 18.2 Å². The highest BCUT2D eigenvalue weighted by Gasteiger charge is 2.27. The smallest absolute Gasteiger partial charge is 0.269 e. The quantitative estimate of drug-likeness (QED) is 0.473. The molecule has 0 aromatic heterocycles. The minimum Gasteiger partial charge on any atom is -0.378 e. The molecular formula is C14H17N3O4. The highest BCUT2D eigenvalue weighted by molar-refractivity contribution is 5.92. The van der Waals surface area contributed by atoms with Gasteiger partial charge in [0.15, 0.2) is 0 Å². The zero-order valence-electron chi connectivity index (χ0n) is 11.6. The fraction of sp³-hybridized carbons (Fsp3) is 0.357. The molecule has 0 saturated carbocycles. The van der Waals surface area contributed by atoms with Gasteiger partial charge in [0, 0.05) is 38.4 Å². The molecule has 7 heteroatoms. The number of rotatable bonds is 5. The van der Waals surface area contributed by atoms with Crippen molar-refractivity contribution in [2.24, 2.45) is 0 Å². The van der Waals surface area contributed by atoms with Gasteiger partial charge in [-0.3, -0.25) is 14.9 Å². The Bertz CT molecular complexity index is 542. The Morgan fingerprint density at radius 3 is 2.76 bits per heavy atom. The maximum atomic E-state index is 11.8. The average molecular weight is 291 g/mol. The number of non-ortho nitro benzene ring substituents is 1. The molecule has 1 saturated heterocycles. The summed E-state index contributed by atoms with van der Waals surface area (Å²) in [7, 11) is 1.61. The second-order valence-corrected chi connectivity index (χ2v) is 4.73. The van der Waals surface area contributed by atoms with Crippen molar-refractivity contribution in [1.29, 1.82) is 0 Å². The van der Waals surface area contributed by atoms with E-state index in [0.29, 0.717) is 13.1 Å². The lowest BCUT2D eigenvalue weighted by molar-refractivity contribution is -0.384. The summed E-state index contributed by atoms with van der Waals surface area (Å²) in [6.45, 7) is 1.39. The van der Waals surface area contributed by atoms with Gasteiger partial charge >= 0.3 is 0 Å². The van der Waals surface area contributed by atoms with Gasteiger partial charge in [0.25, 0.3) is 5.69 Å². The zero-order valence-corrected chi connectivity index (χ0v) is 11.6. The highest BCUT2D eigenvalue weighted by Crippen LogP contribution is 2.12. The number of benzene rings is 1. The van der Waals surface area contributed by atoms with Gasteiger partial charge in [-0.25, -0.2) is 0 Å². The van der Waals surface area contributed by atoms with E-state index in [2.05, 4.69) is 10.6 Å². The molecule has 2 N–H and O–H groups in total. The average Bonchev–Trinajstić information content (AvgIpc) is 2.92. The van der Waals surface area contributed by atoms with Crippen molar-refractivity contribution in [3.05, 3.63) is 46.0 Å². The normalized spacial score (nSPS) is 21.6. The molecule has 1 aliphatic heterocycles. The van der Waals surface area contributed by atoms with Gasteiger partial charge in [-0.1, -0.05) is 0 Å². The summed E-state index contributed by atoms with van der Waals surface area (Å²) >= 11 is 0. The van der Waals surface area contributed by atoms with E-state index in [1.54, 1.807) is 25.3 Å². The van der Waals surface area contributed by atoms with Gasteiger partial charge in [0.05, 0.1) is 17.1 Å². The SMILES string of the molecule is CO[C@H]1CNCC1NC(=O)/C=C/c1ccc([N+](=O)[O-])cc1. The number of hydrogen-bond donors (Lipinski definition) is 2. The number of nitro groups is 1. The first-order chi connectivity index (χ1) is 10.1. The summed E-state index contributed by atoms with van der Waals surface area (Å²) in [4.78, 5) is 21.9. The summed E-state index contributed by atoms with van der Waals surface area (Å²) in [5.74, 6) is -0.218. The van der Waals surface area contributed by atoms with E-state index in [9.17, 15) is 14.9 Å². The molecule has 1 aliphatic rings. The summed E-state index contributed by atoms with van der Waals surface area (Å²) in [5.41, 5.74) is 0.750. The number of ether oxygens (including phenoxy) is 1. The number of nitrogens with zero attached hydrogens (tertiary/aromatic N) is 1. The van der Waals surface area contributed by atoms with Gasteiger partial charge in [-0.05, 0) is 23.8 Å². The molecule has 0 bridgehead atoms. The maximum Gasteiger partial charge on any atom is 0.269 e. The molecule has 1 fully saturated rings. The van der Waals surface area contributed by atoms with Crippen LogP contribution in [0.15, 0.2) is 30.3 Å². The number of nitrogens with one attached hydrogen (secondary N) is 2. The third-order valence-electron chi connectivity index (χ3n) is 3.32. The van der Waals surface area contributed by atoms with Crippen molar-refractivity contribution in [1.82, 2.24) is 10.6 Å². The molecule has 1 heterocycles. The maximum absolute atomic E-state index is 11.8. The monoisotopic (exact) mass is 291 g/mol. The van der Waals surface area contributed by atoms with Crippen LogP contribution in [0.5, 0.6) is 0 Å². The van der Waals surface area contributed by atoms with E-state index < -0.39 is 4.92 Å². The van der Waals surface area contributed by atoms with Crippen molar-refractivity contribution in [3.63, 3.8) is 0 Å².